The highest BCUT2D eigenvalue weighted by molar-refractivity contribution is 7.21. The zero-order valence-electron chi connectivity index (χ0n) is 14.3. The number of hydrogen-bond donors (Lipinski definition) is 2. The van der Waals surface area contributed by atoms with Gasteiger partial charge in [-0.15, -0.1) is 11.3 Å². The molecule has 3 N–H and O–H groups in total. The molecule has 27 heavy (non-hydrogen) atoms. The molecule has 0 bridgehead atoms. The monoisotopic (exact) mass is 378 g/mol. The largest absolute Gasteiger partial charge is 0.397 e. The van der Waals surface area contributed by atoms with Gasteiger partial charge in [-0.1, -0.05) is 18.2 Å². The van der Waals surface area contributed by atoms with E-state index in [2.05, 4.69) is 21.6 Å². The summed E-state index contributed by atoms with van der Waals surface area (Å²) in [5.41, 5.74) is 9.89. The van der Waals surface area contributed by atoms with Gasteiger partial charge in [0.15, 0.2) is 0 Å². The Labute approximate surface area is 158 Å². The topological polar surface area (TPSA) is 97.9 Å². The number of nitrogens with zero attached hydrogens (tertiary/aromatic N) is 3. The van der Waals surface area contributed by atoms with E-state index in [1.165, 1.54) is 16.9 Å². The van der Waals surface area contributed by atoms with Crippen LogP contribution in [0.5, 0.6) is 0 Å². The zero-order valence-corrected chi connectivity index (χ0v) is 15.1. The van der Waals surface area contributed by atoms with Gasteiger partial charge in [0, 0.05) is 23.2 Å². The van der Waals surface area contributed by atoms with E-state index in [1.807, 2.05) is 30.3 Å². The number of pyridine rings is 1. The molecule has 0 saturated carbocycles. The molecule has 1 aliphatic rings. The third-order valence-electron chi connectivity index (χ3n) is 4.68. The Balaban J connectivity index is 1.43. The standard InChI is InChI=1S/C19H15N5O2S/c20-16-13-9-11-5-4-8-14(11)21-19(13)27-17(16)18(25)22-15-10-24(23-26-15)12-6-2-1-3-7-12/h1-3,6-7,9-10H,4-5,8H2,(H2-,20,22,23,25)/p+1. The van der Waals surface area contributed by atoms with Gasteiger partial charge >= 0.3 is 5.88 Å². The molecule has 3 heterocycles. The number of benzene rings is 1. The number of hydrogen-bond acceptors (Lipinski definition) is 6. The number of nitrogens with two attached hydrogens (primary N) is 1. The molecule has 5 rings (SSSR count). The highest BCUT2D eigenvalue weighted by atomic mass is 32.1. The van der Waals surface area contributed by atoms with Crippen LogP contribution in [0.4, 0.5) is 11.6 Å². The summed E-state index contributed by atoms with van der Waals surface area (Å²) in [6, 6.07) is 11.6. The van der Waals surface area contributed by atoms with E-state index >= 15 is 0 Å². The summed E-state index contributed by atoms with van der Waals surface area (Å²) in [6.07, 6.45) is 4.75. The number of carbonyl (C=O) groups is 1. The Morgan fingerprint density at radius 1 is 1.26 bits per heavy atom. The van der Waals surface area contributed by atoms with Gasteiger partial charge in [-0.05, 0) is 35.6 Å². The fraction of sp³-hybridized carbons (Fsp3) is 0.158. The quantitative estimate of drug-likeness (QED) is 0.534. The van der Waals surface area contributed by atoms with Crippen molar-refractivity contribution >= 4 is 39.0 Å². The molecule has 0 spiro atoms. The lowest BCUT2D eigenvalue weighted by atomic mass is 10.1. The number of carbonyl (C=O) groups excluding carboxylic acids is 1. The third kappa shape index (κ3) is 2.74. The molecular weight excluding hydrogens is 362 g/mol. The van der Waals surface area contributed by atoms with E-state index in [4.69, 9.17) is 10.3 Å². The maximum atomic E-state index is 12.7. The van der Waals surface area contributed by atoms with E-state index in [9.17, 15) is 4.79 Å². The van der Waals surface area contributed by atoms with Crippen LogP contribution >= 0.6 is 11.3 Å². The van der Waals surface area contributed by atoms with E-state index in [0.29, 0.717) is 10.6 Å². The molecule has 0 atom stereocenters. The van der Waals surface area contributed by atoms with Crippen molar-refractivity contribution in [3.63, 3.8) is 0 Å². The Morgan fingerprint density at radius 2 is 2.11 bits per heavy atom. The molecule has 1 aliphatic carbocycles. The van der Waals surface area contributed by atoms with Crippen molar-refractivity contribution in [1.29, 1.82) is 0 Å². The van der Waals surface area contributed by atoms with Gasteiger partial charge in [0.1, 0.15) is 9.71 Å². The Hall–Kier alpha value is -3.26. The molecule has 7 nitrogen and oxygen atoms in total. The summed E-state index contributed by atoms with van der Waals surface area (Å²) in [7, 11) is 0. The van der Waals surface area contributed by atoms with E-state index in [0.717, 1.165) is 40.9 Å². The number of rotatable bonds is 3. The molecule has 1 aromatic carbocycles. The number of aromatic nitrogens is 3. The predicted octanol–water partition coefficient (Wildman–Crippen LogP) is 2.88. The van der Waals surface area contributed by atoms with Gasteiger partial charge in [0.2, 0.25) is 11.0 Å². The van der Waals surface area contributed by atoms with E-state index < -0.39 is 0 Å². The third-order valence-corrected chi connectivity index (χ3v) is 5.79. The number of thiophene rings is 1. The summed E-state index contributed by atoms with van der Waals surface area (Å²) < 4.78 is 6.77. The number of nitrogen functional groups attached to an aromatic ring is 1. The molecule has 0 radical (unpaired) electrons. The Bertz CT molecular complexity index is 1170. The molecule has 3 aromatic heterocycles. The van der Waals surface area contributed by atoms with Crippen LogP contribution in [0, 0.1) is 0 Å². The lowest BCUT2D eigenvalue weighted by Crippen LogP contribution is -2.31. The Kier molecular flexibility index (Phi) is 3.64. The molecule has 134 valence electrons. The minimum absolute atomic E-state index is 0.246. The van der Waals surface area contributed by atoms with Crippen LogP contribution in [0.3, 0.4) is 0 Å². The number of anilines is 2. The second-order valence-corrected chi connectivity index (χ2v) is 7.44. The minimum atomic E-state index is -0.327. The molecule has 8 heteroatoms. The van der Waals surface area contributed by atoms with E-state index in [-0.39, 0.29) is 11.8 Å². The minimum Gasteiger partial charge on any atom is -0.397 e. The lowest BCUT2D eigenvalue weighted by Gasteiger charge is -1.99. The first-order chi connectivity index (χ1) is 13.2. The first kappa shape index (κ1) is 16.0. The summed E-state index contributed by atoms with van der Waals surface area (Å²) in [5, 5.41) is 7.50. The van der Waals surface area contributed by atoms with Crippen LogP contribution in [-0.2, 0) is 12.8 Å². The normalized spacial score (nSPS) is 13.0. The summed E-state index contributed by atoms with van der Waals surface area (Å²) >= 11 is 1.30. The van der Waals surface area contributed by atoms with Gasteiger partial charge in [-0.2, -0.15) is 0 Å². The predicted molar refractivity (Wildman–Crippen MR) is 102 cm³/mol. The SMILES string of the molecule is Nc1c(C(=O)Nc2c[n+](-c3ccccc3)no2)sc2nc3c(cc12)CCC3. The number of nitrogens with one attached hydrogen (secondary N) is 1. The van der Waals surface area contributed by atoms with Crippen LogP contribution in [0.1, 0.15) is 27.3 Å². The van der Waals surface area contributed by atoms with Gasteiger partial charge in [-0.25, -0.2) is 4.98 Å². The van der Waals surface area contributed by atoms with Crippen LogP contribution < -0.4 is 15.7 Å². The maximum Gasteiger partial charge on any atom is 0.303 e. The Morgan fingerprint density at radius 3 is 2.96 bits per heavy atom. The van der Waals surface area contributed by atoms with Crippen LogP contribution in [0.15, 0.2) is 47.1 Å². The summed E-state index contributed by atoms with van der Waals surface area (Å²) in [5.74, 6) is -0.0804. The van der Waals surface area contributed by atoms with Gasteiger partial charge in [-0.3, -0.25) is 14.6 Å². The number of amides is 1. The average Bonchev–Trinajstić information content (AvgIpc) is 3.40. The summed E-state index contributed by atoms with van der Waals surface area (Å²) in [4.78, 5) is 18.6. The average molecular weight is 378 g/mol. The second-order valence-electron chi connectivity index (χ2n) is 6.45. The highest BCUT2D eigenvalue weighted by Crippen LogP contribution is 2.36. The molecule has 4 aromatic rings. The number of aryl methyl sites for hydroxylation is 2. The first-order valence-electron chi connectivity index (χ1n) is 8.65. The van der Waals surface area contributed by atoms with Crippen LogP contribution in [0.2, 0.25) is 0 Å². The maximum absolute atomic E-state index is 12.7. The van der Waals surface area contributed by atoms with Gasteiger partial charge in [0.25, 0.3) is 12.1 Å². The molecule has 0 fully saturated rings. The van der Waals surface area contributed by atoms with Gasteiger partial charge < -0.3 is 5.73 Å². The van der Waals surface area contributed by atoms with Crippen molar-refractivity contribution in [3.05, 3.63) is 58.7 Å². The summed E-state index contributed by atoms with van der Waals surface area (Å²) in [6.45, 7) is 0. The molecule has 0 aliphatic heterocycles. The number of para-hydroxylation sites is 1. The van der Waals surface area contributed by atoms with Crippen molar-refractivity contribution in [2.24, 2.45) is 0 Å². The van der Waals surface area contributed by atoms with E-state index in [1.54, 1.807) is 10.9 Å². The first-order valence-corrected chi connectivity index (χ1v) is 9.47. The molecular formula is C19H16N5O2S+. The molecule has 0 unspecified atom stereocenters. The highest BCUT2D eigenvalue weighted by Gasteiger charge is 2.23. The lowest BCUT2D eigenvalue weighted by molar-refractivity contribution is -0.670. The second kappa shape index (κ2) is 6.17. The van der Waals surface area contributed by atoms with Crippen LogP contribution in [0.25, 0.3) is 15.9 Å². The van der Waals surface area contributed by atoms with Gasteiger partial charge in [0.05, 0.1) is 5.69 Å². The van der Waals surface area contributed by atoms with Crippen molar-refractivity contribution in [2.45, 2.75) is 19.3 Å². The van der Waals surface area contributed by atoms with Crippen molar-refractivity contribution < 1.29 is 14.0 Å². The van der Waals surface area contributed by atoms with Crippen LogP contribution in [-0.4, -0.2) is 16.2 Å². The smallest absolute Gasteiger partial charge is 0.303 e. The van der Waals surface area contributed by atoms with Crippen molar-refractivity contribution in [2.75, 3.05) is 11.1 Å². The fourth-order valence-corrected chi connectivity index (χ4v) is 4.33. The van der Waals surface area contributed by atoms with Crippen molar-refractivity contribution in [1.82, 2.24) is 10.3 Å². The molecule has 0 saturated heterocycles. The van der Waals surface area contributed by atoms with Crippen molar-refractivity contribution in [3.8, 4) is 5.69 Å². The zero-order chi connectivity index (χ0) is 18.4. The number of fused-ring (bicyclic) bond motifs is 2. The fourth-order valence-electron chi connectivity index (χ4n) is 3.34. The molecule has 1 amide bonds.